The minimum atomic E-state index is -0.992. The Morgan fingerprint density at radius 1 is 1.13 bits per heavy atom. The van der Waals surface area contributed by atoms with Crippen LogP contribution in [0.15, 0.2) is 43.2 Å². The maximum absolute atomic E-state index is 12.3. The first-order valence-electron chi connectivity index (χ1n) is 7.72. The Kier molecular flexibility index (Phi) is 4.18. The highest BCUT2D eigenvalue weighted by atomic mass is 16.4. The van der Waals surface area contributed by atoms with E-state index in [1.165, 1.54) is 6.33 Å². The minimum Gasteiger partial charge on any atom is -0.479 e. The van der Waals surface area contributed by atoms with Gasteiger partial charge in [0.2, 0.25) is 5.91 Å². The van der Waals surface area contributed by atoms with Crippen LogP contribution in [-0.2, 0) is 21.7 Å². The molecule has 1 saturated heterocycles. The lowest BCUT2D eigenvalue weighted by atomic mass is 9.87. The second kappa shape index (κ2) is 6.28. The number of hydrogen-bond acceptors (Lipinski definition) is 3. The van der Waals surface area contributed by atoms with Crippen molar-refractivity contribution in [2.45, 2.75) is 31.3 Å². The van der Waals surface area contributed by atoms with Gasteiger partial charge < -0.3 is 19.1 Å². The maximum Gasteiger partial charge on any atom is 0.330 e. The van der Waals surface area contributed by atoms with Crippen molar-refractivity contribution < 1.29 is 14.7 Å². The van der Waals surface area contributed by atoms with Crippen molar-refractivity contribution in [3.05, 3.63) is 43.2 Å². The SMILES string of the molecule is O=C(CCn1cccc1)N1CCC(C(=O)O)(n2ccnc2)CC1. The molecule has 1 amide bonds. The van der Waals surface area contributed by atoms with E-state index in [2.05, 4.69) is 4.98 Å². The number of carbonyl (C=O) groups is 2. The molecule has 0 bridgehead atoms. The lowest BCUT2D eigenvalue weighted by Crippen LogP contribution is -2.52. The van der Waals surface area contributed by atoms with E-state index in [1.54, 1.807) is 21.9 Å². The van der Waals surface area contributed by atoms with Crippen molar-refractivity contribution in [3.8, 4) is 0 Å². The topological polar surface area (TPSA) is 80.4 Å². The van der Waals surface area contributed by atoms with Crippen LogP contribution in [0.2, 0.25) is 0 Å². The lowest BCUT2D eigenvalue weighted by molar-refractivity contribution is -0.152. The molecule has 1 fully saturated rings. The molecule has 0 saturated carbocycles. The number of aliphatic carboxylic acids is 1. The molecule has 0 spiro atoms. The molecular formula is C16H20N4O3. The monoisotopic (exact) mass is 316 g/mol. The summed E-state index contributed by atoms with van der Waals surface area (Å²) >= 11 is 0. The van der Waals surface area contributed by atoms with Gasteiger partial charge in [0.25, 0.3) is 0 Å². The molecule has 3 rings (SSSR count). The van der Waals surface area contributed by atoms with Gasteiger partial charge >= 0.3 is 5.97 Å². The van der Waals surface area contributed by atoms with Gasteiger partial charge in [0.05, 0.1) is 6.33 Å². The first kappa shape index (κ1) is 15.3. The predicted molar refractivity (Wildman–Crippen MR) is 82.7 cm³/mol. The van der Waals surface area contributed by atoms with E-state index in [1.807, 2.05) is 29.1 Å². The standard InChI is InChI=1S/C16H20N4O3/c21-14(3-9-18-7-1-2-8-18)19-10-4-16(5-11-19,15(22)23)20-12-6-17-13-20/h1-2,6-8,12-13H,3-5,9-11H2,(H,22,23). The summed E-state index contributed by atoms with van der Waals surface area (Å²) in [7, 11) is 0. The number of likely N-dealkylation sites (tertiary alicyclic amines) is 1. The summed E-state index contributed by atoms with van der Waals surface area (Å²) in [5.41, 5.74) is -0.992. The van der Waals surface area contributed by atoms with Crippen LogP contribution in [0.3, 0.4) is 0 Å². The van der Waals surface area contributed by atoms with Crippen molar-refractivity contribution in [3.63, 3.8) is 0 Å². The van der Waals surface area contributed by atoms with Crippen LogP contribution < -0.4 is 0 Å². The molecule has 2 aromatic heterocycles. The second-order valence-corrected chi connectivity index (χ2v) is 5.86. The second-order valence-electron chi connectivity index (χ2n) is 5.86. The lowest BCUT2D eigenvalue weighted by Gasteiger charge is -2.39. The van der Waals surface area contributed by atoms with Crippen LogP contribution in [0.4, 0.5) is 0 Å². The zero-order valence-corrected chi connectivity index (χ0v) is 12.8. The van der Waals surface area contributed by atoms with Gasteiger partial charge in [-0.15, -0.1) is 0 Å². The molecule has 1 N–H and O–H groups in total. The average Bonchev–Trinajstić information content (AvgIpc) is 3.26. The third-order valence-corrected chi connectivity index (χ3v) is 4.59. The Balaban J connectivity index is 1.60. The summed E-state index contributed by atoms with van der Waals surface area (Å²) in [5, 5.41) is 9.66. The quantitative estimate of drug-likeness (QED) is 0.898. The van der Waals surface area contributed by atoms with Crippen molar-refractivity contribution in [2.75, 3.05) is 13.1 Å². The Hall–Kier alpha value is -2.57. The molecule has 0 aromatic carbocycles. The first-order valence-corrected chi connectivity index (χ1v) is 7.72. The molecule has 7 heteroatoms. The number of rotatable bonds is 5. The predicted octanol–water partition coefficient (Wildman–Crippen LogP) is 1.18. The summed E-state index contributed by atoms with van der Waals surface area (Å²) in [6.45, 7) is 1.55. The van der Waals surface area contributed by atoms with Gasteiger partial charge in [-0.3, -0.25) is 4.79 Å². The first-order chi connectivity index (χ1) is 11.1. The van der Waals surface area contributed by atoms with Gasteiger partial charge in [0.15, 0.2) is 0 Å². The summed E-state index contributed by atoms with van der Waals surface area (Å²) in [6.07, 6.45) is 9.88. The molecule has 1 aliphatic heterocycles. The number of carboxylic acid groups (broad SMARTS) is 1. The number of hydrogen-bond donors (Lipinski definition) is 1. The van der Waals surface area contributed by atoms with Gasteiger partial charge in [-0.1, -0.05) is 0 Å². The highest BCUT2D eigenvalue weighted by Crippen LogP contribution is 2.30. The molecule has 0 radical (unpaired) electrons. The number of nitrogens with zero attached hydrogens (tertiary/aromatic N) is 4. The Morgan fingerprint density at radius 3 is 2.39 bits per heavy atom. The van der Waals surface area contributed by atoms with E-state index in [0.29, 0.717) is 38.9 Å². The van der Waals surface area contributed by atoms with Crippen molar-refractivity contribution in [1.82, 2.24) is 19.0 Å². The number of amides is 1. The van der Waals surface area contributed by atoms with Crippen LogP contribution in [0.1, 0.15) is 19.3 Å². The fourth-order valence-electron chi connectivity index (χ4n) is 3.12. The summed E-state index contributed by atoms with van der Waals surface area (Å²) in [4.78, 5) is 29.8. The number of piperidine rings is 1. The molecule has 2 aromatic rings. The van der Waals surface area contributed by atoms with Crippen molar-refractivity contribution in [2.24, 2.45) is 0 Å². The molecule has 122 valence electrons. The van der Waals surface area contributed by atoms with Gasteiger partial charge in [-0.2, -0.15) is 0 Å². The molecule has 3 heterocycles. The van der Waals surface area contributed by atoms with Crippen LogP contribution in [0.25, 0.3) is 0 Å². The van der Waals surface area contributed by atoms with Crippen molar-refractivity contribution in [1.29, 1.82) is 0 Å². The molecule has 23 heavy (non-hydrogen) atoms. The van der Waals surface area contributed by atoms with Gasteiger partial charge in [0, 0.05) is 50.8 Å². The Labute approximate surface area is 134 Å². The highest BCUT2D eigenvalue weighted by Gasteiger charge is 2.43. The smallest absolute Gasteiger partial charge is 0.330 e. The van der Waals surface area contributed by atoms with Crippen LogP contribution in [0, 0.1) is 0 Å². The van der Waals surface area contributed by atoms with E-state index in [4.69, 9.17) is 0 Å². The summed E-state index contributed by atoms with van der Waals surface area (Å²) < 4.78 is 3.62. The van der Waals surface area contributed by atoms with Crippen molar-refractivity contribution >= 4 is 11.9 Å². The maximum atomic E-state index is 12.3. The van der Waals surface area contributed by atoms with Crippen LogP contribution >= 0.6 is 0 Å². The molecule has 0 unspecified atom stereocenters. The van der Waals surface area contributed by atoms with Gasteiger partial charge in [-0.05, 0) is 25.0 Å². The fraction of sp³-hybridized carbons (Fsp3) is 0.438. The largest absolute Gasteiger partial charge is 0.479 e. The number of aryl methyl sites for hydroxylation is 1. The molecule has 7 nitrogen and oxygen atoms in total. The number of imidazole rings is 1. The molecule has 0 aliphatic carbocycles. The zero-order chi connectivity index (χ0) is 16.3. The van der Waals surface area contributed by atoms with E-state index < -0.39 is 11.5 Å². The van der Waals surface area contributed by atoms with Crippen LogP contribution in [0.5, 0.6) is 0 Å². The van der Waals surface area contributed by atoms with E-state index in [9.17, 15) is 14.7 Å². The van der Waals surface area contributed by atoms with E-state index in [0.717, 1.165) is 0 Å². The van der Waals surface area contributed by atoms with Gasteiger partial charge in [0.1, 0.15) is 5.54 Å². The van der Waals surface area contributed by atoms with E-state index in [-0.39, 0.29) is 5.91 Å². The minimum absolute atomic E-state index is 0.0725. The number of aromatic nitrogens is 3. The zero-order valence-electron chi connectivity index (χ0n) is 12.8. The third kappa shape index (κ3) is 2.99. The average molecular weight is 316 g/mol. The van der Waals surface area contributed by atoms with E-state index >= 15 is 0 Å². The van der Waals surface area contributed by atoms with Gasteiger partial charge in [-0.25, -0.2) is 9.78 Å². The summed E-state index contributed by atoms with van der Waals surface area (Å²) in [5.74, 6) is -0.793. The highest BCUT2D eigenvalue weighted by molar-refractivity contribution is 5.79. The number of carbonyl (C=O) groups excluding carboxylic acids is 1. The summed E-state index contributed by atoms with van der Waals surface area (Å²) in [6, 6.07) is 3.86. The molecule has 1 aliphatic rings. The Bertz CT molecular complexity index is 656. The normalized spacial score (nSPS) is 17.1. The Morgan fingerprint density at radius 2 is 1.83 bits per heavy atom. The van der Waals surface area contributed by atoms with Crippen LogP contribution in [-0.4, -0.2) is 49.1 Å². The fourth-order valence-corrected chi connectivity index (χ4v) is 3.12. The third-order valence-electron chi connectivity index (χ3n) is 4.59. The number of carboxylic acids is 1. The molecule has 0 atom stereocenters. The molecular weight excluding hydrogens is 296 g/mol.